The van der Waals surface area contributed by atoms with Gasteiger partial charge in [0, 0.05) is 5.02 Å². The van der Waals surface area contributed by atoms with Crippen molar-refractivity contribution in [2.45, 2.75) is 13.0 Å². The second-order valence-electron chi connectivity index (χ2n) is 4.16. The summed E-state index contributed by atoms with van der Waals surface area (Å²) in [5, 5.41) is 10.7. The molecule has 2 aromatic rings. The minimum atomic E-state index is -0.976. The van der Waals surface area contributed by atoms with Gasteiger partial charge in [-0.05, 0) is 42.3 Å². The maximum absolute atomic E-state index is 11.3. The third kappa shape index (κ3) is 2.97. The average Bonchev–Trinajstić information content (AvgIpc) is 2.85. The van der Waals surface area contributed by atoms with Crippen LogP contribution in [0.4, 0.5) is 0 Å². The minimum Gasteiger partial charge on any atom is -0.463 e. The highest BCUT2D eigenvalue weighted by atomic mass is 35.5. The SMILES string of the molecule is COC(=O)c1ccc(C(O)c2cc(C)cc(Cl)c2)o1. The first-order valence-electron chi connectivity index (χ1n) is 5.64. The molecule has 0 amide bonds. The van der Waals surface area contributed by atoms with Gasteiger partial charge in [0.05, 0.1) is 7.11 Å². The van der Waals surface area contributed by atoms with E-state index in [1.54, 1.807) is 18.2 Å². The monoisotopic (exact) mass is 280 g/mol. The number of methoxy groups -OCH3 is 1. The molecule has 1 N–H and O–H groups in total. The number of aliphatic hydroxyl groups is 1. The van der Waals surface area contributed by atoms with Crippen molar-refractivity contribution < 1.29 is 19.1 Å². The van der Waals surface area contributed by atoms with Crippen molar-refractivity contribution in [3.05, 3.63) is 58.0 Å². The number of rotatable bonds is 3. The molecule has 0 radical (unpaired) electrons. The van der Waals surface area contributed by atoms with Crippen molar-refractivity contribution in [1.29, 1.82) is 0 Å². The van der Waals surface area contributed by atoms with Gasteiger partial charge in [0.2, 0.25) is 5.76 Å². The molecule has 1 unspecified atom stereocenters. The van der Waals surface area contributed by atoms with E-state index in [0.29, 0.717) is 10.6 Å². The Hall–Kier alpha value is -1.78. The molecule has 0 aliphatic rings. The zero-order valence-corrected chi connectivity index (χ0v) is 11.3. The van der Waals surface area contributed by atoms with Gasteiger partial charge in [-0.15, -0.1) is 0 Å². The number of hydrogen-bond acceptors (Lipinski definition) is 4. The van der Waals surface area contributed by atoms with Gasteiger partial charge in [0.1, 0.15) is 11.9 Å². The fourth-order valence-corrected chi connectivity index (χ4v) is 2.09. The molecule has 1 atom stereocenters. The van der Waals surface area contributed by atoms with Crippen molar-refractivity contribution in [3.63, 3.8) is 0 Å². The number of ether oxygens (including phenoxy) is 1. The summed E-state index contributed by atoms with van der Waals surface area (Å²) in [6.07, 6.45) is -0.976. The van der Waals surface area contributed by atoms with Crippen LogP contribution in [0.25, 0.3) is 0 Å². The number of hydrogen-bond donors (Lipinski definition) is 1. The number of furan rings is 1. The van der Waals surface area contributed by atoms with Crippen LogP contribution in [0, 0.1) is 6.92 Å². The lowest BCUT2D eigenvalue weighted by Gasteiger charge is -2.09. The summed E-state index contributed by atoms with van der Waals surface area (Å²) in [5.74, 6) is -0.266. The third-order valence-corrected chi connectivity index (χ3v) is 2.88. The van der Waals surface area contributed by atoms with Crippen LogP contribution in [0.3, 0.4) is 0 Å². The molecule has 1 aromatic carbocycles. The Morgan fingerprint density at radius 3 is 2.74 bits per heavy atom. The second kappa shape index (κ2) is 5.47. The summed E-state index contributed by atoms with van der Waals surface area (Å²) in [7, 11) is 1.27. The van der Waals surface area contributed by atoms with Crippen LogP contribution in [-0.2, 0) is 4.74 Å². The predicted molar refractivity (Wildman–Crippen MR) is 70.3 cm³/mol. The number of esters is 1. The van der Waals surface area contributed by atoms with Crippen LogP contribution < -0.4 is 0 Å². The van der Waals surface area contributed by atoms with E-state index in [9.17, 15) is 9.90 Å². The molecule has 5 heteroatoms. The van der Waals surface area contributed by atoms with Crippen molar-refractivity contribution in [2.75, 3.05) is 7.11 Å². The smallest absolute Gasteiger partial charge is 0.373 e. The van der Waals surface area contributed by atoms with Gasteiger partial charge < -0.3 is 14.3 Å². The van der Waals surface area contributed by atoms with Crippen LogP contribution in [-0.4, -0.2) is 18.2 Å². The van der Waals surface area contributed by atoms with Crippen molar-refractivity contribution in [3.8, 4) is 0 Å². The summed E-state index contributed by atoms with van der Waals surface area (Å²) < 4.78 is 9.80. The van der Waals surface area contributed by atoms with Crippen molar-refractivity contribution in [2.24, 2.45) is 0 Å². The van der Waals surface area contributed by atoms with E-state index in [-0.39, 0.29) is 11.5 Å². The Bertz CT molecular complexity index is 583. The molecule has 0 aliphatic carbocycles. The van der Waals surface area contributed by atoms with Gasteiger partial charge in [-0.2, -0.15) is 0 Å². The summed E-state index contributed by atoms with van der Waals surface area (Å²) in [5.41, 5.74) is 1.54. The van der Waals surface area contributed by atoms with E-state index >= 15 is 0 Å². The molecule has 19 heavy (non-hydrogen) atoms. The van der Waals surface area contributed by atoms with Crippen molar-refractivity contribution in [1.82, 2.24) is 0 Å². The highest BCUT2D eigenvalue weighted by molar-refractivity contribution is 6.30. The van der Waals surface area contributed by atoms with Gasteiger partial charge in [0.15, 0.2) is 0 Å². The van der Waals surface area contributed by atoms with Crippen LogP contribution in [0.1, 0.15) is 33.5 Å². The van der Waals surface area contributed by atoms with Gasteiger partial charge in [-0.1, -0.05) is 17.7 Å². The van der Waals surface area contributed by atoms with E-state index < -0.39 is 12.1 Å². The van der Waals surface area contributed by atoms with E-state index in [1.165, 1.54) is 19.2 Å². The van der Waals surface area contributed by atoms with Crippen LogP contribution in [0.5, 0.6) is 0 Å². The number of benzene rings is 1. The Labute approximate surface area is 115 Å². The van der Waals surface area contributed by atoms with Gasteiger partial charge >= 0.3 is 5.97 Å². The Kier molecular flexibility index (Phi) is 3.93. The highest BCUT2D eigenvalue weighted by Crippen LogP contribution is 2.27. The lowest BCUT2D eigenvalue weighted by Crippen LogP contribution is -2.00. The summed E-state index contributed by atoms with van der Waals surface area (Å²) >= 11 is 5.94. The molecule has 0 fully saturated rings. The van der Waals surface area contributed by atoms with E-state index in [4.69, 9.17) is 16.0 Å². The fourth-order valence-electron chi connectivity index (χ4n) is 1.80. The summed E-state index contributed by atoms with van der Waals surface area (Å²) in [4.78, 5) is 11.3. The van der Waals surface area contributed by atoms with Crippen molar-refractivity contribution >= 4 is 17.6 Å². The first-order chi connectivity index (χ1) is 9.01. The average molecular weight is 281 g/mol. The van der Waals surface area contributed by atoms with Crippen LogP contribution in [0.2, 0.25) is 5.02 Å². The van der Waals surface area contributed by atoms with Gasteiger partial charge in [-0.25, -0.2) is 4.79 Å². The molecule has 0 aliphatic heterocycles. The topological polar surface area (TPSA) is 59.7 Å². The molecule has 1 aromatic heterocycles. The molecule has 1 heterocycles. The maximum Gasteiger partial charge on any atom is 0.373 e. The number of carbonyl (C=O) groups excluding carboxylic acids is 1. The maximum atomic E-state index is 11.3. The fraction of sp³-hybridized carbons (Fsp3) is 0.214. The molecular weight excluding hydrogens is 268 g/mol. The minimum absolute atomic E-state index is 0.0512. The second-order valence-corrected chi connectivity index (χ2v) is 4.59. The molecule has 0 bridgehead atoms. The summed E-state index contributed by atoms with van der Waals surface area (Å²) in [6, 6.07) is 8.24. The zero-order chi connectivity index (χ0) is 14.0. The number of carbonyl (C=O) groups is 1. The third-order valence-electron chi connectivity index (χ3n) is 2.66. The van der Waals surface area contributed by atoms with E-state index in [2.05, 4.69) is 4.74 Å². The van der Waals surface area contributed by atoms with Crippen LogP contribution in [0.15, 0.2) is 34.7 Å². The quantitative estimate of drug-likeness (QED) is 0.878. The lowest BCUT2D eigenvalue weighted by atomic mass is 10.1. The first kappa shape index (κ1) is 13.6. The Morgan fingerprint density at radius 2 is 2.11 bits per heavy atom. The molecule has 0 saturated heterocycles. The largest absolute Gasteiger partial charge is 0.463 e. The van der Waals surface area contributed by atoms with Crippen LogP contribution >= 0.6 is 11.6 Å². The predicted octanol–water partition coefficient (Wildman–Crippen LogP) is 3.11. The molecule has 100 valence electrons. The number of aryl methyl sites for hydroxylation is 1. The highest BCUT2D eigenvalue weighted by Gasteiger charge is 2.18. The molecule has 0 spiro atoms. The summed E-state index contributed by atoms with van der Waals surface area (Å²) in [6.45, 7) is 1.88. The number of halogens is 1. The lowest BCUT2D eigenvalue weighted by molar-refractivity contribution is 0.0558. The molecule has 4 nitrogen and oxygen atoms in total. The molecule has 0 saturated carbocycles. The molecule has 2 rings (SSSR count). The van der Waals surface area contributed by atoms with E-state index in [1.807, 2.05) is 6.92 Å². The zero-order valence-electron chi connectivity index (χ0n) is 10.5. The number of aliphatic hydroxyl groups excluding tert-OH is 1. The standard InChI is InChI=1S/C14H13ClO4/c1-8-5-9(7-10(15)6-8)13(16)11-3-4-12(19-11)14(17)18-2/h3-7,13,16H,1-2H3. The van der Waals surface area contributed by atoms with Gasteiger partial charge in [0.25, 0.3) is 0 Å². The van der Waals surface area contributed by atoms with Gasteiger partial charge in [-0.3, -0.25) is 0 Å². The molecular formula is C14H13ClO4. The normalized spacial score (nSPS) is 12.2. The van der Waals surface area contributed by atoms with E-state index in [0.717, 1.165) is 5.56 Å². The Balaban J connectivity index is 2.30. The Morgan fingerprint density at radius 1 is 1.37 bits per heavy atom. The first-order valence-corrected chi connectivity index (χ1v) is 6.02.